The SMILES string of the molecule is [CH]C(C)(c1ccc(Oc2ccccc2N)cc1)c1ccc(Oc2ccccc2N)cc1. The first-order valence-electron chi connectivity index (χ1n) is 9.98. The molecule has 0 saturated heterocycles. The summed E-state index contributed by atoms with van der Waals surface area (Å²) in [4.78, 5) is 0. The Morgan fingerprint density at radius 2 is 0.935 bits per heavy atom. The van der Waals surface area contributed by atoms with Crippen LogP contribution in [0.5, 0.6) is 23.0 Å². The van der Waals surface area contributed by atoms with E-state index in [0.717, 1.165) is 11.1 Å². The second-order valence-electron chi connectivity index (χ2n) is 7.53. The quantitative estimate of drug-likeness (QED) is 0.360. The van der Waals surface area contributed by atoms with E-state index in [-0.39, 0.29) is 0 Å². The molecule has 4 heteroatoms. The third-order valence-electron chi connectivity index (χ3n) is 5.20. The highest BCUT2D eigenvalue weighted by molar-refractivity contribution is 5.55. The number of benzene rings is 4. The van der Waals surface area contributed by atoms with Gasteiger partial charge in [0, 0.05) is 5.41 Å². The Morgan fingerprint density at radius 3 is 1.29 bits per heavy atom. The van der Waals surface area contributed by atoms with Crippen molar-refractivity contribution in [2.45, 2.75) is 12.3 Å². The Hall–Kier alpha value is -3.92. The lowest BCUT2D eigenvalue weighted by atomic mass is 9.78. The van der Waals surface area contributed by atoms with Crippen molar-refractivity contribution in [2.75, 3.05) is 11.5 Å². The van der Waals surface area contributed by atoms with E-state index in [1.807, 2.05) is 91.9 Å². The molecule has 0 aliphatic carbocycles. The summed E-state index contributed by atoms with van der Waals surface area (Å²) in [6.45, 7) is 8.67. The molecule has 0 saturated carbocycles. The first-order valence-corrected chi connectivity index (χ1v) is 9.98. The van der Waals surface area contributed by atoms with Gasteiger partial charge in [-0.05, 0) is 66.6 Å². The Labute approximate surface area is 183 Å². The maximum Gasteiger partial charge on any atom is 0.150 e. The maximum absolute atomic E-state index is 6.69. The molecule has 0 spiro atoms. The lowest BCUT2D eigenvalue weighted by molar-refractivity contribution is 0.484. The zero-order valence-electron chi connectivity index (χ0n) is 17.3. The van der Waals surface area contributed by atoms with Gasteiger partial charge in [-0.25, -0.2) is 0 Å². The number of nitrogens with two attached hydrogens (primary N) is 2. The van der Waals surface area contributed by atoms with E-state index in [9.17, 15) is 0 Å². The van der Waals surface area contributed by atoms with Crippen molar-refractivity contribution in [3.05, 3.63) is 115 Å². The molecule has 0 aliphatic heterocycles. The number of rotatable bonds is 6. The lowest BCUT2D eigenvalue weighted by Gasteiger charge is -2.26. The van der Waals surface area contributed by atoms with E-state index < -0.39 is 5.41 Å². The summed E-state index contributed by atoms with van der Waals surface area (Å²) in [6.07, 6.45) is 0. The van der Waals surface area contributed by atoms with Gasteiger partial charge in [0.1, 0.15) is 23.0 Å². The predicted octanol–water partition coefficient (Wildman–Crippen LogP) is 6.45. The van der Waals surface area contributed by atoms with Crippen molar-refractivity contribution < 1.29 is 9.47 Å². The highest BCUT2D eigenvalue weighted by Crippen LogP contribution is 2.35. The minimum Gasteiger partial charge on any atom is -0.455 e. The molecule has 31 heavy (non-hydrogen) atoms. The summed E-state index contributed by atoms with van der Waals surface area (Å²) < 4.78 is 11.7. The number of ether oxygens (including phenoxy) is 2. The summed E-state index contributed by atoms with van der Waals surface area (Å²) in [5.41, 5.74) is 14.3. The van der Waals surface area contributed by atoms with Crippen LogP contribution in [-0.2, 0) is 5.41 Å². The number of hydrogen-bond acceptors (Lipinski definition) is 4. The van der Waals surface area contributed by atoms with Gasteiger partial charge in [-0.3, -0.25) is 0 Å². The number of anilines is 2. The van der Waals surface area contributed by atoms with Crippen molar-refractivity contribution in [3.63, 3.8) is 0 Å². The Kier molecular flexibility index (Phi) is 5.54. The fraction of sp³-hybridized carbons (Fsp3) is 0.0741. The van der Waals surface area contributed by atoms with Crippen LogP contribution >= 0.6 is 0 Å². The Balaban J connectivity index is 1.50. The van der Waals surface area contributed by atoms with Crippen LogP contribution in [0.15, 0.2) is 97.1 Å². The van der Waals surface area contributed by atoms with Crippen LogP contribution in [0.3, 0.4) is 0 Å². The minimum atomic E-state index is -0.686. The van der Waals surface area contributed by atoms with E-state index in [2.05, 4.69) is 0 Å². The summed E-state index contributed by atoms with van der Waals surface area (Å²) >= 11 is 0. The third-order valence-corrected chi connectivity index (χ3v) is 5.20. The first kappa shape index (κ1) is 20.4. The van der Waals surface area contributed by atoms with Gasteiger partial charge in [0.15, 0.2) is 0 Å². The van der Waals surface area contributed by atoms with Crippen molar-refractivity contribution in [3.8, 4) is 23.0 Å². The summed E-state index contributed by atoms with van der Waals surface area (Å²) in [5.74, 6) is 2.64. The molecule has 4 nitrogen and oxygen atoms in total. The van der Waals surface area contributed by atoms with Crippen molar-refractivity contribution >= 4 is 11.4 Å². The predicted molar refractivity (Wildman–Crippen MR) is 125 cm³/mol. The van der Waals surface area contributed by atoms with E-state index in [4.69, 9.17) is 27.9 Å². The Morgan fingerprint density at radius 1 is 0.581 bits per heavy atom. The summed E-state index contributed by atoms with van der Waals surface area (Å²) in [7, 11) is 0. The van der Waals surface area contributed by atoms with E-state index >= 15 is 0 Å². The van der Waals surface area contributed by atoms with Crippen LogP contribution in [0.25, 0.3) is 0 Å². The molecule has 4 aromatic rings. The summed E-state index contributed by atoms with van der Waals surface area (Å²) in [5, 5.41) is 0. The van der Waals surface area contributed by atoms with Gasteiger partial charge >= 0.3 is 0 Å². The number of para-hydroxylation sites is 4. The number of nitrogen functional groups attached to an aromatic ring is 2. The topological polar surface area (TPSA) is 70.5 Å². The average Bonchev–Trinajstić information content (AvgIpc) is 2.78. The molecular weight excluding hydrogens is 384 g/mol. The highest BCUT2D eigenvalue weighted by Gasteiger charge is 2.23. The van der Waals surface area contributed by atoms with E-state index in [1.54, 1.807) is 12.1 Å². The first-order chi connectivity index (χ1) is 14.9. The van der Waals surface area contributed by atoms with Gasteiger partial charge in [0.25, 0.3) is 0 Å². The molecule has 0 aliphatic rings. The van der Waals surface area contributed by atoms with Crippen LogP contribution in [0.2, 0.25) is 0 Å². The fourth-order valence-electron chi connectivity index (χ4n) is 3.31. The number of hydrogen-bond donors (Lipinski definition) is 2. The van der Waals surface area contributed by atoms with Gasteiger partial charge in [0.05, 0.1) is 11.4 Å². The molecule has 4 aromatic carbocycles. The van der Waals surface area contributed by atoms with E-state index in [0.29, 0.717) is 34.4 Å². The van der Waals surface area contributed by atoms with Gasteiger partial charge in [0.2, 0.25) is 0 Å². The molecule has 154 valence electrons. The van der Waals surface area contributed by atoms with Crippen LogP contribution in [0.4, 0.5) is 11.4 Å². The molecule has 0 amide bonds. The highest BCUT2D eigenvalue weighted by atomic mass is 16.5. The van der Waals surface area contributed by atoms with Crippen LogP contribution in [0.1, 0.15) is 18.1 Å². The minimum absolute atomic E-state index is 0.592. The molecule has 0 bridgehead atoms. The van der Waals surface area contributed by atoms with E-state index in [1.165, 1.54) is 0 Å². The Bertz CT molecular complexity index is 1070. The molecule has 4 rings (SSSR count). The van der Waals surface area contributed by atoms with Crippen molar-refractivity contribution in [2.24, 2.45) is 0 Å². The van der Waals surface area contributed by atoms with Crippen molar-refractivity contribution in [1.82, 2.24) is 0 Å². The van der Waals surface area contributed by atoms with Crippen molar-refractivity contribution in [1.29, 1.82) is 0 Å². The molecule has 4 N–H and O–H groups in total. The van der Waals surface area contributed by atoms with Crippen LogP contribution in [0, 0.1) is 6.92 Å². The molecule has 2 radical (unpaired) electrons. The van der Waals surface area contributed by atoms with Gasteiger partial charge < -0.3 is 20.9 Å². The normalized spacial score (nSPS) is 11.2. The zero-order chi connectivity index (χ0) is 21.8. The fourth-order valence-corrected chi connectivity index (χ4v) is 3.31. The molecular formula is C27H24N2O2. The largest absolute Gasteiger partial charge is 0.455 e. The molecule has 0 fully saturated rings. The second-order valence-corrected chi connectivity index (χ2v) is 7.53. The maximum atomic E-state index is 6.69. The molecule has 0 heterocycles. The zero-order valence-corrected chi connectivity index (χ0v) is 17.3. The lowest BCUT2D eigenvalue weighted by Crippen LogP contribution is -2.19. The molecule has 0 unspecified atom stereocenters. The third kappa shape index (κ3) is 4.48. The standard InChI is InChI=1S/C27H24N2O2/c1-27(2,19-11-15-21(16-12-19)30-25-9-5-3-7-23(25)28)20-13-17-22(18-14-20)31-26-10-6-4-8-24(26)29/h1,3-18H,28-29H2,2H3. The van der Waals surface area contributed by atoms with Crippen LogP contribution < -0.4 is 20.9 Å². The molecule has 0 atom stereocenters. The summed E-state index contributed by atoms with van der Waals surface area (Å²) in [6, 6.07) is 30.2. The van der Waals surface area contributed by atoms with Gasteiger partial charge in [-0.2, -0.15) is 0 Å². The molecule has 0 aromatic heterocycles. The van der Waals surface area contributed by atoms with Gasteiger partial charge in [-0.1, -0.05) is 55.5 Å². The van der Waals surface area contributed by atoms with Gasteiger partial charge in [-0.15, -0.1) is 0 Å². The second kappa shape index (κ2) is 8.44. The smallest absolute Gasteiger partial charge is 0.150 e. The average molecular weight is 409 g/mol. The van der Waals surface area contributed by atoms with Crippen LogP contribution in [-0.4, -0.2) is 0 Å². The monoisotopic (exact) mass is 408 g/mol.